The monoisotopic (exact) mass is 587 g/mol. The maximum Gasteiger partial charge on any atom is 0.410 e. The Labute approximate surface area is 242 Å². The largest absolute Gasteiger partial charge is 0.496 e. The van der Waals surface area contributed by atoms with Gasteiger partial charge in [0.2, 0.25) is 0 Å². The van der Waals surface area contributed by atoms with E-state index in [2.05, 4.69) is 4.98 Å². The number of aliphatic hydroxyl groups is 1. The third-order valence-corrected chi connectivity index (χ3v) is 7.22. The zero-order valence-corrected chi connectivity index (χ0v) is 24.1. The summed E-state index contributed by atoms with van der Waals surface area (Å²) in [7, 11) is 1.38. The van der Waals surface area contributed by atoms with E-state index in [0.717, 1.165) is 12.8 Å². The summed E-state index contributed by atoms with van der Waals surface area (Å²) < 4.78 is 49.9. The lowest BCUT2D eigenvalue weighted by atomic mass is 10.00. The SMILES string of the molecule is COc1cc(-c2cnc3cc(OCC4(O)CCN(C(=O)OC(C)(C)C)C4)ccn23)cc(OC(F)F)c1C(=O)CC1CC1. The van der Waals surface area contributed by atoms with E-state index in [0.29, 0.717) is 35.6 Å². The highest BCUT2D eigenvalue weighted by atomic mass is 19.3. The maximum absolute atomic E-state index is 13.3. The lowest BCUT2D eigenvalue weighted by Gasteiger charge is -2.26. The fraction of sp³-hybridized carbons (Fsp3) is 0.500. The molecule has 2 fully saturated rings. The van der Waals surface area contributed by atoms with E-state index in [1.165, 1.54) is 18.1 Å². The number of methoxy groups -OCH3 is 1. The van der Waals surface area contributed by atoms with E-state index in [1.807, 2.05) is 0 Å². The fourth-order valence-corrected chi connectivity index (χ4v) is 4.99. The summed E-state index contributed by atoms with van der Waals surface area (Å²) in [6, 6.07) is 6.37. The third-order valence-electron chi connectivity index (χ3n) is 7.22. The number of halogens is 2. The molecule has 1 saturated carbocycles. The van der Waals surface area contributed by atoms with Crippen LogP contribution >= 0.6 is 0 Å². The number of hydrogen-bond acceptors (Lipinski definition) is 8. The molecule has 1 aliphatic carbocycles. The molecular weight excluding hydrogens is 552 g/mol. The molecule has 0 radical (unpaired) electrons. The minimum Gasteiger partial charge on any atom is -0.496 e. The first-order valence-corrected chi connectivity index (χ1v) is 13.8. The molecule has 1 aromatic carbocycles. The maximum atomic E-state index is 13.3. The molecule has 10 nitrogen and oxygen atoms in total. The summed E-state index contributed by atoms with van der Waals surface area (Å²) in [6.07, 6.45) is 5.25. The summed E-state index contributed by atoms with van der Waals surface area (Å²) in [5.41, 5.74) is -0.342. The smallest absolute Gasteiger partial charge is 0.410 e. The van der Waals surface area contributed by atoms with Gasteiger partial charge in [-0.1, -0.05) is 0 Å². The van der Waals surface area contributed by atoms with Crippen LogP contribution in [0, 0.1) is 5.92 Å². The van der Waals surface area contributed by atoms with Crippen LogP contribution in [-0.2, 0) is 4.74 Å². The van der Waals surface area contributed by atoms with Crippen LogP contribution in [0.5, 0.6) is 17.2 Å². The molecule has 2 aliphatic rings. The predicted molar refractivity (Wildman–Crippen MR) is 148 cm³/mol. The number of rotatable bonds is 10. The first-order valence-electron chi connectivity index (χ1n) is 13.8. The number of ether oxygens (including phenoxy) is 4. The molecule has 3 aromatic rings. The standard InChI is InChI=1S/C30H35F2N3O7/c1-29(2,3)42-28(37)34-10-8-30(38,16-34)17-40-20-7-9-35-21(15-33-25(35)14-20)19-12-23(39-4)26(22(36)11-18-5-6-18)24(13-19)41-27(31)32/h7,9,12-15,18,27,38H,5-6,8,10-11,16-17H2,1-4H3. The van der Waals surface area contributed by atoms with Crippen molar-refractivity contribution in [3.63, 3.8) is 0 Å². The van der Waals surface area contributed by atoms with Gasteiger partial charge < -0.3 is 29.0 Å². The van der Waals surface area contributed by atoms with Crippen LogP contribution in [0.15, 0.2) is 36.7 Å². The van der Waals surface area contributed by atoms with Gasteiger partial charge in [0.1, 0.15) is 46.3 Å². The topological polar surface area (TPSA) is 112 Å². The van der Waals surface area contributed by atoms with Gasteiger partial charge in [-0.25, -0.2) is 9.78 Å². The Morgan fingerprint density at radius 2 is 1.93 bits per heavy atom. The van der Waals surface area contributed by atoms with Gasteiger partial charge in [0.05, 0.1) is 25.5 Å². The first-order chi connectivity index (χ1) is 19.8. The van der Waals surface area contributed by atoms with Crippen molar-refractivity contribution in [1.29, 1.82) is 0 Å². The van der Waals surface area contributed by atoms with Gasteiger partial charge in [0, 0.05) is 30.8 Å². The number of Topliss-reactive ketones (excluding diaryl/α,β-unsaturated/α-hetero) is 1. The molecule has 1 unspecified atom stereocenters. The lowest BCUT2D eigenvalue weighted by Crippen LogP contribution is -2.42. The number of imidazole rings is 1. The Morgan fingerprint density at radius 1 is 1.19 bits per heavy atom. The molecule has 1 saturated heterocycles. The van der Waals surface area contributed by atoms with E-state index in [9.17, 15) is 23.5 Å². The van der Waals surface area contributed by atoms with Gasteiger partial charge in [-0.05, 0) is 64.2 Å². The highest BCUT2D eigenvalue weighted by Gasteiger charge is 2.40. The molecule has 12 heteroatoms. The number of likely N-dealkylation sites (tertiary alicyclic amines) is 1. The summed E-state index contributed by atoms with van der Waals surface area (Å²) in [4.78, 5) is 31.2. The molecule has 2 aromatic heterocycles. The molecule has 1 atom stereocenters. The molecule has 1 aliphatic heterocycles. The Balaban J connectivity index is 1.34. The number of carbonyl (C=O) groups excluding carboxylic acids is 2. The van der Waals surface area contributed by atoms with Crippen molar-refractivity contribution in [3.8, 4) is 28.5 Å². The van der Waals surface area contributed by atoms with Crippen molar-refractivity contribution >= 4 is 17.5 Å². The number of alkyl halides is 2. The second-order valence-corrected chi connectivity index (χ2v) is 11.9. The average Bonchev–Trinajstić information content (AvgIpc) is 3.47. The zero-order valence-electron chi connectivity index (χ0n) is 24.1. The molecule has 0 bridgehead atoms. The van der Waals surface area contributed by atoms with Crippen molar-refractivity contribution in [2.45, 2.75) is 64.3 Å². The predicted octanol–water partition coefficient (Wildman–Crippen LogP) is 5.34. The second-order valence-electron chi connectivity index (χ2n) is 11.9. The van der Waals surface area contributed by atoms with Crippen LogP contribution in [0.25, 0.3) is 16.9 Å². The van der Waals surface area contributed by atoms with E-state index >= 15 is 0 Å². The number of amides is 1. The summed E-state index contributed by atoms with van der Waals surface area (Å²) in [6.45, 7) is 2.62. The summed E-state index contributed by atoms with van der Waals surface area (Å²) in [5, 5.41) is 11.0. The van der Waals surface area contributed by atoms with Gasteiger partial charge >= 0.3 is 12.7 Å². The molecule has 42 heavy (non-hydrogen) atoms. The first kappa shape index (κ1) is 29.6. The number of benzene rings is 1. The number of carbonyl (C=O) groups is 2. The highest BCUT2D eigenvalue weighted by Crippen LogP contribution is 2.40. The van der Waals surface area contributed by atoms with Crippen LogP contribution in [0.3, 0.4) is 0 Å². The zero-order chi connectivity index (χ0) is 30.2. The van der Waals surface area contributed by atoms with Crippen LogP contribution < -0.4 is 14.2 Å². The van der Waals surface area contributed by atoms with Gasteiger partial charge in [0.25, 0.3) is 0 Å². The molecule has 1 amide bonds. The van der Waals surface area contributed by atoms with Crippen molar-refractivity contribution in [1.82, 2.24) is 14.3 Å². The Morgan fingerprint density at radius 3 is 2.60 bits per heavy atom. The number of aromatic nitrogens is 2. The minimum atomic E-state index is -3.12. The van der Waals surface area contributed by atoms with Gasteiger partial charge in [-0.15, -0.1) is 0 Å². The van der Waals surface area contributed by atoms with Crippen LogP contribution in [0.2, 0.25) is 0 Å². The Kier molecular flexibility index (Phi) is 8.02. The average molecular weight is 588 g/mol. The number of fused-ring (bicyclic) bond motifs is 1. The fourth-order valence-electron chi connectivity index (χ4n) is 4.99. The molecule has 3 heterocycles. The molecule has 1 N–H and O–H groups in total. The molecule has 0 spiro atoms. The van der Waals surface area contributed by atoms with Crippen LogP contribution in [0.1, 0.15) is 56.8 Å². The van der Waals surface area contributed by atoms with Crippen molar-refractivity contribution < 1.29 is 42.4 Å². The number of hydrogen-bond donors (Lipinski definition) is 1. The van der Waals surface area contributed by atoms with Crippen LogP contribution in [-0.4, -0.2) is 75.9 Å². The summed E-state index contributed by atoms with van der Waals surface area (Å²) >= 11 is 0. The molecule has 5 rings (SSSR count). The lowest BCUT2D eigenvalue weighted by molar-refractivity contribution is -0.0502. The third kappa shape index (κ3) is 6.75. The number of ketones is 1. The molecular formula is C30H35F2N3O7. The Hall–Kier alpha value is -3.93. The van der Waals surface area contributed by atoms with Gasteiger partial charge in [0.15, 0.2) is 5.78 Å². The van der Waals surface area contributed by atoms with Gasteiger partial charge in [-0.3, -0.25) is 9.20 Å². The van der Waals surface area contributed by atoms with E-state index in [-0.39, 0.29) is 48.3 Å². The normalized spacial score (nSPS) is 18.9. The van der Waals surface area contributed by atoms with Crippen LogP contribution in [0.4, 0.5) is 13.6 Å². The van der Waals surface area contributed by atoms with Crippen molar-refractivity contribution in [2.75, 3.05) is 26.8 Å². The van der Waals surface area contributed by atoms with E-state index in [4.69, 9.17) is 18.9 Å². The highest BCUT2D eigenvalue weighted by molar-refractivity contribution is 6.02. The van der Waals surface area contributed by atoms with E-state index < -0.39 is 23.9 Å². The van der Waals surface area contributed by atoms with E-state index in [1.54, 1.807) is 55.8 Å². The number of β-amino-alcohol motifs (C(OH)–C–C–N with tert-alkyl or cyclic N) is 1. The van der Waals surface area contributed by atoms with Crippen molar-refractivity contribution in [3.05, 3.63) is 42.2 Å². The quantitative estimate of drug-likeness (QED) is 0.316. The number of pyridine rings is 1. The summed E-state index contributed by atoms with van der Waals surface area (Å²) in [5.74, 6) is 0.313. The van der Waals surface area contributed by atoms with Gasteiger partial charge in [-0.2, -0.15) is 8.78 Å². The number of nitrogens with zero attached hydrogens (tertiary/aromatic N) is 3. The minimum absolute atomic E-state index is 0.00744. The molecule has 226 valence electrons. The Bertz CT molecular complexity index is 1480. The second kappa shape index (κ2) is 11.4. The van der Waals surface area contributed by atoms with Crippen molar-refractivity contribution in [2.24, 2.45) is 5.92 Å².